The van der Waals surface area contributed by atoms with E-state index < -0.39 is 0 Å². The highest BCUT2D eigenvalue weighted by Crippen LogP contribution is 2.33. The van der Waals surface area contributed by atoms with Crippen molar-refractivity contribution in [2.45, 2.75) is 19.4 Å². The van der Waals surface area contributed by atoms with Crippen LogP contribution in [0.15, 0.2) is 54.6 Å². The Morgan fingerprint density at radius 2 is 1.71 bits per heavy atom. The third-order valence-electron chi connectivity index (χ3n) is 4.07. The van der Waals surface area contributed by atoms with Crippen LogP contribution in [0.25, 0.3) is 22.2 Å². The Hall–Kier alpha value is -2.00. The maximum Gasteiger partial charge on any atom is 0.200 e. The van der Waals surface area contributed by atoms with E-state index in [9.17, 15) is 0 Å². The second-order valence-electron chi connectivity index (χ2n) is 5.68. The van der Waals surface area contributed by atoms with Crippen molar-refractivity contribution in [2.75, 3.05) is 0 Å². The fraction of sp³-hybridized carbons (Fsp3) is 0.222. The second kappa shape index (κ2) is 5.08. The van der Waals surface area contributed by atoms with Gasteiger partial charge >= 0.3 is 0 Å². The first-order valence-corrected chi connectivity index (χ1v) is 7.79. The molecule has 0 saturated heterocycles. The highest BCUT2D eigenvalue weighted by molar-refractivity contribution is 7.71. The standard InChI is InChI=1S/C18H16N2S/c21-18-19-17(14-6-2-1-3-7-14)15-8-4-5-9-16(15)20(18)12-13-10-11-13/h1-9,13H,10-12H2. The summed E-state index contributed by atoms with van der Waals surface area (Å²) in [5.41, 5.74) is 3.31. The van der Waals surface area contributed by atoms with Crippen LogP contribution in [0.2, 0.25) is 0 Å². The average Bonchev–Trinajstić information content (AvgIpc) is 3.35. The van der Waals surface area contributed by atoms with E-state index in [0.29, 0.717) is 4.77 Å². The average molecular weight is 292 g/mol. The summed E-state index contributed by atoms with van der Waals surface area (Å²) in [6.07, 6.45) is 2.63. The monoisotopic (exact) mass is 292 g/mol. The molecule has 2 nitrogen and oxygen atoms in total. The Morgan fingerprint density at radius 1 is 1.00 bits per heavy atom. The zero-order valence-corrected chi connectivity index (χ0v) is 12.5. The molecule has 0 amide bonds. The van der Waals surface area contributed by atoms with Crippen molar-refractivity contribution in [1.29, 1.82) is 0 Å². The van der Waals surface area contributed by atoms with Crippen molar-refractivity contribution < 1.29 is 0 Å². The maximum atomic E-state index is 5.56. The molecule has 0 N–H and O–H groups in total. The zero-order chi connectivity index (χ0) is 14.2. The minimum absolute atomic E-state index is 0.694. The molecule has 0 unspecified atom stereocenters. The first kappa shape index (κ1) is 12.7. The van der Waals surface area contributed by atoms with Gasteiger partial charge in [0.2, 0.25) is 4.77 Å². The van der Waals surface area contributed by atoms with Crippen LogP contribution < -0.4 is 0 Å². The predicted molar refractivity (Wildman–Crippen MR) is 88.7 cm³/mol. The summed E-state index contributed by atoms with van der Waals surface area (Å²) in [4.78, 5) is 4.73. The van der Waals surface area contributed by atoms with Crippen molar-refractivity contribution in [1.82, 2.24) is 9.55 Å². The van der Waals surface area contributed by atoms with E-state index in [1.807, 2.05) is 18.2 Å². The predicted octanol–water partition coefficient (Wildman–Crippen LogP) is 4.84. The van der Waals surface area contributed by atoms with Crippen molar-refractivity contribution in [2.24, 2.45) is 5.92 Å². The molecule has 104 valence electrons. The summed E-state index contributed by atoms with van der Waals surface area (Å²) in [7, 11) is 0. The van der Waals surface area contributed by atoms with Gasteiger partial charge in [0, 0.05) is 17.5 Å². The lowest BCUT2D eigenvalue weighted by Crippen LogP contribution is -2.07. The van der Waals surface area contributed by atoms with Crippen molar-refractivity contribution in [3.63, 3.8) is 0 Å². The molecule has 3 heteroatoms. The number of benzene rings is 2. The number of hydrogen-bond acceptors (Lipinski definition) is 2. The van der Waals surface area contributed by atoms with Crippen LogP contribution in [0.5, 0.6) is 0 Å². The lowest BCUT2D eigenvalue weighted by molar-refractivity contribution is 0.626. The third-order valence-corrected chi connectivity index (χ3v) is 4.38. The fourth-order valence-corrected chi connectivity index (χ4v) is 3.04. The summed E-state index contributed by atoms with van der Waals surface area (Å²) in [6, 6.07) is 18.7. The number of fused-ring (bicyclic) bond motifs is 1. The van der Waals surface area contributed by atoms with Crippen LogP contribution in [-0.2, 0) is 6.54 Å². The second-order valence-corrected chi connectivity index (χ2v) is 6.05. The number of aromatic nitrogens is 2. The Bertz CT molecular complexity index is 848. The van der Waals surface area contributed by atoms with Gasteiger partial charge in [0.25, 0.3) is 0 Å². The summed E-state index contributed by atoms with van der Waals surface area (Å²) >= 11 is 5.56. The quantitative estimate of drug-likeness (QED) is 0.643. The van der Waals surface area contributed by atoms with E-state index >= 15 is 0 Å². The Labute approximate surface area is 129 Å². The maximum absolute atomic E-state index is 5.56. The lowest BCUT2D eigenvalue weighted by Gasteiger charge is -2.13. The molecule has 21 heavy (non-hydrogen) atoms. The van der Waals surface area contributed by atoms with Crippen LogP contribution in [0.1, 0.15) is 12.8 Å². The van der Waals surface area contributed by atoms with Gasteiger partial charge in [0.05, 0.1) is 11.2 Å². The molecule has 3 aromatic rings. The molecule has 4 rings (SSSR count). The smallest absolute Gasteiger partial charge is 0.200 e. The van der Waals surface area contributed by atoms with Crippen LogP contribution in [0, 0.1) is 10.7 Å². The Kier molecular flexibility index (Phi) is 3.08. The molecule has 1 saturated carbocycles. The van der Waals surface area contributed by atoms with E-state index in [4.69, 9.17) is 17.2 Å². The highest BCUT2D eigenvalue weighted by Gasteiger charge is 2.23. The van der Waals surface area contributed by atoms with Gasteiger partial charge in [-0.15, -0.1) is 0 Å². The molecule has 1 fully saturated rings. The van der Waals surface area contributed by atoms with E-state index in [1.165, 1.54) is 23.7 Å². The molecule has 0 spiro atoms. The number of nitrogens with zero attached hydrogens (tertiary/aromatic N) is 2. The number of para-hydroxylation sites is 1. The Balaban J connectivity index is 1.99. The van der Waals surface area contributed by atoms with Gasteiger partial charge in [-0.25, -0.2) is 4.98 Å². The largest absolute Gasteiger partial charge is 0.316 e. The molecule has 1 aliphatic rings. The molecule has 1 aromatic heterocycles. The summed E-state index contributed by atoms with van der Waals surface area (Å²) in [6.45, 7) is 1.00. The first-order chi connectivity index (χ1) is 10.3. The van der Waals surface area contributed by atoms with Crippen LogP contribution in [0.4, 0.5) is 0 Å². The van der Waals surface area contributed by atoms with E-state index in [1.54, 1.807) is 0 Å². The van der Waals surface area contributed by atoms with Crippen LogP contribution in [0.3, 0.4) is 0 Å². The molecule has 1 heterocycles. The summed E-state index contributed by atoms with van der Waals surface area (Å²) in [5, 5.41) is 1.18. The van der Waals surface area contributed by atoms with Crippen molar-refractivity contribution in [3.05, 3.63) is 59.4 Å². The van der Waals surface area contributed by atoms with Crippen LogP contribution >= 0.6 is 12.2 Å². The lowest BCUT2D eigenvalue weighted by atomic mass is 10.1. The van der Waals surface area contributed by atoms with Crippen LogP contribution in [-0.4, -0.2) is 9.55 Å². The minimum Gasteiger partial charge on any atom is -0.316 e. The van der Waals surface area contributed by atoms with Gasteiger partial charge in [0.15, 0.2) is 0 Å². The normalized spacial score (nSPS) is 14.5. The zero-order valence-electron chi connectivity index (χ0n) is 11.7. The molecule has 0 atom stereocenters. The van der Waals surface area contributed by atoms with Gasteiger partial charge < -0.3 is 4.57 Å². The molecule has 2 aromatic carbocycles. The van der Waals surface area contributed by atoms with Gasteiger partial charge in [-0.2, -0.15) is 0 Å². The first-order valence-electron chi connectivity index (χ1n) is 7.38. The molecule has 0 aliphatic heterocycles. The van der Waals surface area contributed by atoms with E-state index in [0.717, 1.165) is 23.7 Å². The highest BCUT2D eigenvalue weighted by atomic mass is 32.1. The number of rotatable bonds is 3. The Morgan fingerprint density at radius 3 is 2.48 bits per heavy atom. The van der Waals surface area contributed by atoms with Crippen molar-refractivity contribution in [3.8, 4) is 11.3 Å². The molecule has 1 aliphatic carbocycles. The SMILES string of the molecule is S=c1nc(-c2ccccc2)c2ccccc2n1CC1CC1. The molecular formula is C18H16N2S. The molecule has 0 bridgehead atoms. The minimum atomic E-state index is 0.694. The summed E-state index contributed by atoms with van der Waals surface area (Å²) < 4.78 is 2.90. The van der Waals surface area contributed by atoms with Gasteiger partial charge in [-0.05, 0) is 37.0 Å². The van der Waals surface area contributed by atoms with Crippen molar-refractivity contribution >= 4 is 23.1 Å². The van der Waals surface area contributed by atoms with E-state index in [2.05, 4.69) is 41.0 Å². The molecule has 0 radical (unpaired) electrons. The fourth-order valence-electron chi connectivity index (χ4n) is 2.78. The molecular weight excluding hydrogens is 276 g/mol. The van der Waals surface area contributed by atoms with Gasteiger partial charge in [0.1, 0.15) is 0 Å². The van der Waals surface area contributed by atoms with Gasteiger partial charge in [-0.3, -0.25) is 0 Å². The third kappa shape index (κ3) is 2.38. The van der Waals surface area contributed by atoms with E-state index in [-0.39, 0.29) is 0 Å². The summed E-state index contributed by atoms with van der Waals surface area (Å²) in [5.74, 6) is 0.782. The number of hydrogen-bond donors (Lipinski definition) is 0. The van der Waals surface area contributed by atoms with Gasteiger partial charge in [-0.1, -0.05) is 48.5 Å². The topological polar surface area (TPSA) is 17.8 Å².